The molecule has 3 aromatic carbocycles. The van der Waals surface area contributed by atoms with Crippen LogP contribution >= 0.6 is 0 Å². The van der Waals surface area contributed by atoms with Crippen LogP contribution in [0.2, 0.25) is 0 Å². The zero-order chi connectivity index (χ0) is 33.1. The van der Waals surface area contributed by atoms with Crippen LogP contribution in [0, 0.1) is 6.92 Å². The summed E-state index contributed by atoms with van der Waals surface area (Å²) in [5, 5.41) is 0.285. The van der Waals surface area contributed by atoms with Crippen molar-refractivity contribution in [2.45, 2.75) is 18.0 Å². The van der Waals surface area contributed by atoms with E-state index in [4.69, 9.17) is 4.28 Å². The van der Waals surface area contributed by atoms with Crippen LogP contribution in [0.5, 0.6) is 0 Å². The standard InChI is InChI=1S/C33H24F3N6O4S/c1-21-5-9-25(10-6-21)47(44,45)46-42(24-8-12-29(41-15-14-38-20-41)27(17-24)33(34,35)36)31-26-16-22(23-4-3-13-37-18-23)7-11-28(26)39-19-30(31)40(2)32(42)43/h3-20H,1-2H3/q+1. The van der Waals surface area contributed by atoms with E-state index in [-0.39, 0.29) is 27.3 Å². The van der Waals surface area contributed by atoms with Gasteiger partial charge in [0.15, 0.2) is 5.69 Å². The van der Waals surface area contributed by atoms with Gasteiger partial charge < -0.3 is 4.57 Å². The van der Waals surface area contributed by atoms with E-state index >= 15 is 0 Å². The minimum Gasteiger partial charge on any atom is -0.306 e. The fourth-order valence-electron chi connectivity index (χ4n) is 5.69. The third-order valence-electron chi connectivity index (χ3n) is 8.00. The number of imidazole rings is 1. The van der Waals surface area contributed by atoms with Crippen molar-refractivity contribution in [3.63, 3.8) is 0 Å². The molecule has 0 fully saturated rings. The molecule has 0 radical (unpaired) electrons. The number of aryl methyl sites for hydroxylation is 1. The number of pyridine rings is 2. The molecule has 1 aliphatic rings. The molecule has 0 saturated heterocycles. The first kappa shape index (κ1) is 30.2. The van der Waals surface area contributed by atoms with E-state index in [1.54, 1.807) is 55.7 Å². The van der Waals surface area contributed by atoms with Gasteiger partial charge >= 0.3 is 22.3 Å². The Kier molecular flexibility index (Phi) is 6.96. The van der Waals surface area contributed by atoms with Crippen LogP contribution in [0.4, 0.5) is 35.0 Å². The maximum atomic E-state index is 14.7. The number of hydrogen-bond donors (Lipinski definition) is 0. The fraction of sp³-hybridized carbons (Fsp3) is 0.0909. The number of carbonyl (C=O) groups excluding carboxylic acids is 1. The highest BCUT2D eigenvalue weighted by Crippen LogP contribution is 2.54. The minimum atomic E-state index is -4.92. The quantitative estimate of drug-likeness (QED) is 0.173. The summed E-state index contributed by atoms with van der Waals surface area (Å²) in [6.07, 6.45) is 3.56. The van der Waals surface area contributed by atoms with Gasteiger partial charge in [0.25, 0.3) is 0 Å². The molecule has 1 unspecified atom stereocenters. The second-order valence-corrected chi connectivity index (χ2v) is 12.5. The molecule has 236 valence electrons. The van der Waals surface area contributed by atoms with Crippen molar-refractivity contribution < 1.29 is 30.7 Å². The van der Waals surface area contributed by atoms with Crippen LogP contribution < -0.4 is 9.55 Å². The zero-order valence-electron chi connectivity index (χ0n) is 24.8. The Bertz CT molecular complexity index is 2280. The summed E-state index contributed by atoms with van der Waals surface area (Å²) < 4.78 is 77.8. The van der Waals surface area contributed by atoms with Gasteiger partial charge in [0.2, 0.25) is 5.69 Å². The predicted octanol–water partition coefficient (Wildman–Crippen LogP) is 7.34. The van der Waals surface area contributed by atoms with E-state index in [9.17, 15) is 26.4 Å². The first-order valence-electron chi connectivity index (χ1n) is 14.1. The third kappa shape index (κ3) is 4.93. The summed E-state index contributed by atoms with van der Waals surface area (Å²) in [4.78, 5) is 27.8. The lowest BCUT2D eigenvalue weighted by Crippen LogP contribution is -2.51. The van der Waals surface area contributed by atoms with Gasteiger partial charge in [-0.15, -0.1) is 0 Å². The number of halogens is 3. The molecule has 1 atom stereocenters. The summed E-state index contributed by atoms with van der Waals surface area (Å²) in [5.74, 6) is 0. The molecule has 0 spiro atoms. The molecule has 4 heterocycles. The number of amides is 2. The number of anilines is 1. The van der Waals surface area contributed by atoms with Crippen molar-refractivity contribution in [3.8, 4) is 16.8 Å². The Morgan fingerprint density at radius 2 is 1.66 bits per heavy atom. The molecule has 1 aliphatic heterocycles. The van der Waals surface area contributed by atoms with Gasteiger partial charge in [-0.1, -0.05) is 29.8 Å². The summed E-state index contributed by atoms with van der Waals surface area (Å²) in [6, 6.07) is 16.6. The molecule has 6 aromatic rings. The summed E-state index contributed by atoms with van der Waals surface area (Å²) >= 11 is 0. The first-order valence-corrected chi connectivity index (χ1v) is 15.5. The van der Waals surface area contributed by atoms with Crippen molar-refractivity contribution in [1.29, 1.82) is 0 Å². The summed E-state index contributed by atoms with van der Waals surface area (Å²) in [6.45, 7) is 1.76. The molecule has 7 rings (SSSR count). The van der Waals surface area contributed by atoms with Crippen LogP contribution in [-0.4, -0.2) is 41.0 Å². The Morgan fingerprint density at radius 3 is 2.34 bits per heavy atom. The minimum absolute atomic E-state index is 0.0209. The molecule has 0 N–H and O–H groups in total. The van der Waals surface area contributed by atoms with E-state index < -0.39 is 38.2 Å². The maximum absolute atomic E-state index is 14.7. The largest absolute Gasteiger partial charge is 0.468 e. The lowest BCUT2D eigenvalue weighted by molar-refractivity contribution is -0.137. The smallest absolute Gasteiger partial charge is 0.306 e. The van der Waals surface area contributed by atoms with E-state index in [0.29, 0.717) is 16.6 Å². The van der Waals surface area contributed by atoms with Gasteiger partial charge in [0.1, 0.15) is 5.69 Å². The average molecular weight is 658 g/mol. The third-order valence-corrected chi connectivity index (χ3v) is 9.27. The normalized spacial score (nSPS) is 16.5. The van der Waals surface area contributed by atoms with Gasteiger partial charge in [-0.2, -0.15) is 21.6 Å². The van der Waals surface area contributed by atoms with Gasteiger partial charge in [0.05, 0.1) is 39.6 Å². The van der Waals surface area contributed by atoms with E-state index in [2.05, 4.69) is 15.0 Å². The molecular weight excluding hydrogens is 633 g/mol. The second kappa shape index (κ2) is 10.8. The van der Waals surface area contributed by atoms with Crippen molar-refractivity contribution in [3.05, 3.63) is 121 Å². The number of hydrogen-bond acceptors (Lipinski definition) is 7. The topological polar surface area (TPSA) is 107 Å². The highest BCUT2D eigenvalue weighted by molar-refractivity contribution is 7.86. The highest BCUT2D eigenvalue weighted by atomic mass is 32.2. The van der Waals surface area contributed by atoms with E-state index in [1.165, 1.54) is 54.7 Å². The fourth-order valence-corrected chi connectivity index (χ4v) is 6.76. The average Bonchev–Trinajstić information content (AvgIpc) is 3.67. The van der Waals surface area contributed by atoms with Crippen LogP contribution in [0.15, 0.2) is 115 Å². The number of aromatic nitrogens is 4. The Labute approximate surface area is 266 Å². The van der Waals surface area contributed by atoms with Crippen molar-refractivity contribution in [2.24, 2.45) is 0 Å². The monoisotopic (exact) mass is 657 g/mol. The van der Waals surface area contributed by atoms with Gasteiger partial charge in [-0.25, -0.2) is 9.78 Å². The molecular formula is C33H24F3N6O4S+. The van der Waals surface area contributed by atoms with Crippen molar-refractivity contribution in [1.82, 2.24) is 24.2 Å². The van der Waals surface area contributed by atoms with E-state index in [1.807, 2.05) is 6.07 Å². The van der Waals surface area contributed by atoms with Crippen molar-refractivity contribution in [2.75, 3.05) is 11.9 Å². The number of hydroxylamine groups is 1. The molecule has 2 amide bonds. The van der Waals surface area contributed by atoms with Crippen LogP contribution in [0.1, 0.15) is 11.1 Å². The summed E-state index contributed by atoms with van der Waals surface area (Å²) in [5.41, 5.74) is 0.784. The number of nitrogens with zero attached hydrogens (tertiary/aromatic N) is 6. The number of alkyl halides is 3. The Hall–Kier alpha value is -5.44. The molecule has 0 aliphatic carbocycles. The van der Waals surface area contributed by atoms with Gasteiger partial charge in [0, 0.05) is 49.5 Å². The number of fused-ring (bicyclic) bond motifs is 3. The predicted molar refractivity (Wildman–Crippen MR) is 168 cm³/mol. The number of urea groups is 1. The number of rotatable bonds is 6. The lowest BCUT2D eigenvalue weighted by Gasteiger charge is -2.28. The first-order chi connectivity index (χ1) is 22.4. The van der Waals surface area contributed by atoms with Crippen LogP contribution in [0.3, 0.4) is 0 Å². The number of benzene rings is 3. The van der Waals surface area contributed by atoms with Crippen LogP contribution in [-0.2, 0) is 20.6 Å². The molecule has 14 heteroatoms. The Morgan fingerprint density at radius 1 is 0.872 bits per heavy atom. The molecule has 47 heavy (non-hydrogen) atoms. The van der Waals surface area contributed by atoms with Crippen LogP contribution in [0.25, 0.3) is 27.7 Å². The molecule has 10 nitrogen and oxygen atoms in total. The van der Waals surface area contributed by atoms with Gasteiger partial charge in [-0.3, -0.25) is 14.9 Å². The molecule has 3 aromatic heterocycles. The SMILES string of the molecule is Cc1ccc(S(=O)(=O)O[N+]2(c3ccc(-n4ccnc4)c(C(F)(F)F)c3)C(=O)N(C)c3cnc4ccc(-c5cccnc5)cc4c32)cc1. The number of carbonyl (C=O) groups is 1. The lowest BCUT2D eigenvalue weighted by atomic mass is 10.0. The van der Waals surface area contributed by atoms with E-state index in [0.717, 1.165) is 22.6 Å². The zero-order valence-corrected chi connectivity index (χ0v) is 25.6. The van der Waals surface area contributed by atoms with Crippen molar-refractivity contribution >= 4 is 44.1 Å². The molecule has 0 bridgehead atoms. The number of quaternary nitrogens is 1. The maximum Gasteiger partial charge on any atom is 0.468 e. The highest BCUT2D eigenvalue weighted by Gasteiger charge is 2.60. The second-order valence-electron chi connectivity index (χ2n) is 10.9. The molecule has 0 saturated carbocycles. The summed E-state index contributed by atoms with van der Waals surface area (Å²) in [7, 11) is -3.42. The van der Waals surface area contributed by atoms with Gasteiger partial charge in [-0.05, 0) is 57.8 Å². The Balaban J connectivity index is 1.56.